The van der Waals surface area contributed by atoms with Crippen LogP contribution in [0.2, 0.25) is 0 Å². The Morgan fingerprint density at radius 3 is 2.29 bits per heavy atom. The smallest absolute Gasteiger partial charge is 0.338 e. The molecular weight excluding hydrogens is 304 g/mol. The average molecular weight is 326 g/mol. The minimum atomic E-state index is -0.501. The van der Waals surface area contributed by atoms with E-state index in [4.69, 9.17) is 4.74 Å². The number of esters is 1. The van der Waals surface area contributed by atoms with Gasteiger partial charge in [-0.15, -0.1) is 0 Å². The van der Waals surface area contributed by atoms with Crippen LogP contribution in [0.15, 0.2) is 54.6 Å². The molecule has 0 aliphatic carbocycles. The van der Waals surface area contributed by atoms with E-state index in [1.807, 2.05) is 61.5 Å². The monoisotopic (exact) mass is 326 g/mol. The quantitative estimate of drug-likeness (QED) is 0.793. The molecule has 0 spiro atoms. The molecule has 2 aromatic carbocycles. The van der Waals surface area contributed by atoms with Crippen LogP contribution in [0.5, 0.6) is 0 Å². The van der Waals surface area contributed by atoms with Crippen molar-refractivity contribution < 1.29 is 14.3 Å². The highest BCUT2D eigenvalue weighted by molar-refractivity contribution is 5.91. The topological polar surface area (TPSA) is 58.6 Å². The molecule has 5 nitrogen and oxygen atoms in total. The maximum Gasteiger partial charge on any atom is 0.338 e. The second-order valence-electron chi connectivity index (χ2n) is 5.60. The van der Waals surface area contributed by atoms with Crippen molar-refractivity contribution in [3.63, 3.8) is 0 Å². The van der Waals surface area contributed by atoms with Gasteiger partial charge in [0.05, 0.1) is 5.56 Å². The molecule has 0 unspecified atom stereocenters. The number of nitrogens with one attached hydrogen (secondary N) is 1. The summed E-state index contributed by atoms with van der Waals surface area (Å²) in [6.07, 6.45) is 0.743. The van der Waals surface area contributed by atoms with Crippen LogP contribution in [-0.4, -0.2) is 39.1 Å². The van der Waals surface area contributed by atoms with Crippen molar-refractivity contribution in [2.75, 3.05) is 32.1 Å². The molecule has 0 atom stereocenters. The molecule has 0 fully saturated rings. The number of hydrogen-bond donors (Lipinski definition) is 1. The lowest BCUT2D eigenvalue weighted by Gasteiger charge is -2.12. The van der Waals surface area contributed by atoms with Gasteiger partial charge in [0.15, 0.2) is 6.61 Å². The van der Waals surface area contributed by atoms with E-state index in [1.54, 1.807) is 12.1 Å². The summed E-state index contributed by atoms with van der Waals surface area (Å²) in [6, 6.07) is 16.9. The van der Waals surface area contributed by atoms with Crippen LogP contribution < -0.4 is 10.2 Å². The summed E-state index contributed by atoms with van der Waals surface area (Å²) >= 11 is 0. The van der Waals surface area contributed by atoms with Crippen LogP contribution in [-0.2, 0) is 16.0 Å². The summed E-state index contributed by atoms with van der Waals surface area (Å²) in [4.78, 5) is 25.6. The lowest BCUT2D eigenvalue weighted by atomic mass is 10.1. The van der Waals surface area contributed by atoms with Crippen LogP contribution in [0, 0.1) is 0 Å². The predicted molar refractivity (Wildman–Crippen MR) is 94.2 cm³/mol. The Kier molecular flexibility index (Phi) is 6.37. The zero-order valence-corrected chi connectivity index (χ0v) is 14.0. The highest BCUT2D eigenvalue weighted by atomic mass is 16.5. The molecule has 0 aliphatic heterocycles. The Morgan fingerprint density at radius 1 is 1.00 bits per heavy atom. The zero-order valence-electron chi connectivity index (χ0n) is 14.0. The molecule has 0 aromatic heterocycles. The van der Waals surface area contributed by atoms with Gasteiger partial charge in [-0.05, 0) is 36.2 Å². The first-order valence-corrected chi connectivity index (χ1v) is 7.81. The Bertz CT molecular complexity index is 667. The third-order valence-corrected chi connectivity index (χ3v) is 3.53. The Morgan fingerprint density at radius 2 is 1.67 bits per heavy atom. The molecule has 126 valence electrons. The second-order valence-corrected chi connectivity index (χ2v) is 5.60. The number of carbonyl (C=O) groups is 2. The number of benzene rings is 2. The van der Waals surface area contributed by atoms with E-state index in [0.29, 0.717) is 12.1 Å². The lowest BCUT2D eigenvalue weighted by molar-refractivity contribution is -0.124. The van der Waals surface area contributed by atoms with Gasteiger partial charge in [-0.1, -0.05) is 30.3 Å². The second kappa shape index (κ2) is 8.72. The van der Waals surface area contributed by atoms with Crippen molar-refractivity contribution in [1.29, 1.82) is 0 Å². The first kappa shape index (κ1) is 17.5. The van der Waals surface area contributed by atoms with Crippen molar-refractivity contribution in [2.45, 2.75) is 6.42 Å². The molecule has 1 amide bonds. The standard InChI is InChI=1S/C19H22N2O3/c1-21(2)17-10-8-16(9-11-17)19(23)24-14-18(22)20-13-12-15-6-4-3-5-7-15/h3-11H,12-14H2,1-2H3,(H,20,22). The van der Waals surface area contributed by atoms with Gasteiger partial charge in [0.25, 0.3) is 5.91 Å². The van der Waals surface area contributed by atoms with Gasteiger partial charge in [-0.2, -0.15) is 0 Å². The van der Waals surface area contributed by atoms with Crippen LogP contribution in [0.1, 0.15) is 15.9 Å². The molecule has 0 bridgehead atoms. The number of nitrogens with zero attached hydrogens (tertiary/aromatic N) is 1. The van der Waals surface area contributed by atoms with Crippen molar-refractivity contribution in [1.82, 2.24) is 5.32 Å². The summed E-state index contributed by atoms with van der Waals surface area (Å²) < 4.78 is 5.03. The normalized spacial score (nSPS) is 10.1. The molecule has 0 saturated heterocycles. The Balaban J connectivity index is 1.71. The lowest BCUT2D eigenvalue weighted by Crippen LogP contribution is -2.30. The third-order valence-electron chi connectivity index (χ3n) is 3.53. The van der Waals surface area contributed by atoms with Crippen LogP contribution in [0.3, 0.4) is 0 Å². The molecule has 24 heavy (non-hydrogen) atoms. The Labute approximate surface area is 142 Å². The van der Waals surface area contributed by atoms with E-state index in [0.717, 1.165) is 17.7 Å². The van der Waals surface area contributed by atoms with Gasteiger partial charge in [0.2, 0.25) is 0 Å². The van der Waals surface area contributed by atoms with Crippen molar-refractivity contribution in [3.8, 4) is 0 Å². The van der Waals surface area contributed by atoms with E-state index >= 15 is 0 Å². The van der Waals surface area contributed by atoms with Gasteiger partial charge in [0.1, 0.15) is 0 Å². The fraction of sp³-hybridized carbons (Fsp3) is 0.263. The molecule has 0 saturated carbocycles. The fourth-order valence-corrected chi connectivity index (χ4v) is 2.15. The van der Waals surface area contributed by atoms with E-state index in [9.17, 15) is 9.59 Å². The van der Waals surface area contributed by atoms with Gasteiger partial charge in [-0.25, -0.2) is 4.79 Å². The predicted octanol–water partition coefficient (Wildman–Crippen LogP) is 2.27. The molecule has 1 N–H and O–H groups in total. The number of ether oxygens (including phenoxy) is 1. The number of hydrogen-bond acceptors (Lipinski definition) is 4. The van der Waals surface area contributed by atoms with Crippen molar-refractivity contribution in [2.24, 2.45) is 0 Å². The third kappa shape index (κ3) is 5.43. The van der Waals surface area contributed by atoms with E-state index in [1.165, 1.54) is 0 Å². The summed E-state index contributed by atoms with van der Waals surface area (Å²) in [5, 5.41) is 2.74. The largest absolute Gasteiger partial charge is 0.452 e. The summed E-state index contributed by atoms with van der Waals surface area (Å²) in [7, 11) is 3.85. The van der Waals surface area contributed by atoms with Gasteiger partial charge < -0.3 is 15.0 Å². The SMILES string of the molecule is CN(C)c1ccc(C(=O)OCC(=O)NCCc2ccccc2)cc1. The zero-order chi connectivity index (χ0) is 17.4. The van der Waals surface area contributed by atoms with Crippen molar-refractivity contribution in [3.05, 3.63) is 65.7 Å². The highest BCUT2D eigenvalue weighted by Crippen LogP contribution is 2.12. The molecular formula is C19H22N2O3. The number of carbonyl (C=O) groups excluding carboxylic acids is 2. The first-order valence-electron chi connectivity index (χ1n) is 7.81. The number of anilines is 1. The molecule has 5 heteroatoms. The summed E-state index contributed by atoms with van der Waals surface area (Å²) in [5.41, 5.74) is 2.57. The molecule has 2 rings (SSSR count). The minimum absolute atomic E-state index is 0.275. The van der Waals surface area contributed by atoms with E-state index in [2.05, 4.69) is 5.32 Å². The fourth-order valence-electron chi connectivity index (χ4n) is 2.15. The summed E-state index contributed by atoms with van der Waals surface area (Å²) in [6.45, 7) is 0.237. The van der Waals surface area contributed by atoms with E-state index < -0.39 is 5.97 Å². The summed E-state index contributed by atoms with van der Waals surface area (Å²) in [5.74, 6) is -0.803. The molecule has 2 aromatic rings. The van der Waals surface area contributed by atoms with Crippen molar-refractivity contribution >= 4 is 17.6 Å². The number of amides is 1. The van der Waals surface area contributed by atoms with Crippen LogP contribution in [0.25, 0.3) is 0 Å². The minimum Gasteiger partial charge on any atom is -0.452 e. The molecule has 0 radical (unpaired) electrons. The molecule has 0 heterocycles. The van der Waals surface area contributed by atoms with Crippen LogP contribution >= 0.6 is 0 Å². The molecule has 0 aliphatic rings. The maximum atomic E-state index is 11.9. The number of rotatable bonds is 7. The van der Waals surface area contributed by atoms with E-state index in [-0.39, 0.29) is 12.5 Å². The average Bonchev–Trinajstić information content (AvgIpc) is 2.60. The van der Waals surface area contributed by atoms with Crippen LogP contribution in [0.4, 0.5) is 5.69 Å². The highest BCUT2D eigenvalue weighted by Gasteiger charge is 2.10. The van der Waals surface area contributed by atoms with Gasteiger partial charge in [-0.3, -0.25) is 4.79 Å². The van der Waals surface area contributed by atoms with Gasteiger partial charge >= 0.3 is 5.97 Å². The van der Waals surface area contributed by atoms with Gasteiger partial charge in [0, 0.05) is 26.3 Å². The maximum absolute atomic E-state index is 11.9. The Hall–Kier alpha value is -2.82. The first-order chi connectivity index (χ1) is 11.6.